The molecule has 0 unspecified atom stereocenters. The van der Waals surface area contributed by atoms with Gasteiger partial charge in [-0.05, 0) is 44.9 Å². The van der Waals surface area contributed by atoms with Crippen molar-refractivity contribution in [3.63, 3.8) is 0 Å². The zero-order valence-corrected chi connectivity index (χ0v) is 20.6. The van der Waals surface area contributed by atoms with Crippen LogP contribution in [0.2, 0.25) is 0 Å². The third-order valence-corrected chi connectivity index (χ3v) is 7.51. The number of carbonyl (C=O) groups excluding carboxylic acids is 2. The first kappa shape index (κ1) is 26.4. The highest BCUT2D eigenvalue weighted by molar-refractivity contribution is 7.91. The molecule has 3 aromatic rings. The van der Waals surface area contributed by atoms with E-state index in [1.165, 1.54) is 48.1 Å². The van der Waals surface area contributed by atoms with Gasteiger partial charge < -0.3 is 14.8 Å². The number of hydrogen-bond donors (Lipinski definition) is 1. The van der Waals surface area contributed by atoms with Crippen LogP contribution in [0.1, 0.15) is 47.5 Å². The minimum absolute atomic E-state index is 0.00421. The molecule has 1 aliphatic heterocycles. The van der Waals surface area contributed by atoms with Crippen molar-refractivity contribution in [1.82, 2.24) is 19.9 Å². The fourth-order valence-corrected chi connectivity index (χ4v) is 5.60. The second kappa shape index (κ2) is 9.65. The summed E-state index contributed by atoms with van der Waals surface area (Å²) in [4.78, 5) is 29.5. The molecule has 0 bridgehead atoms. The molecular weight excluding hydrogens is 517 g/mol. The maximum atomic E-state index is 13.1. The van der Waals surface area contributed by atoms with Crippen molar-refractivity contribution in [1.29, 1.82) is 0 Å². The number of Topliss-reactive ketones (excluding diaryl/α,β-unsaturated/α-hetero) is 1. The van der Waals surface area contributed by atoms with Gasteiger partial charge in [-0.15, -0.1) is 0 Å². The molecule has 0 aliphatic carbocycles. The summed E-state index contributed by atoms with van der Waals surface area (Å²) < 4.78 is 73.0. The number of ether oxygens (including phenoxy) is 2. The molecule has 0 radical (unpaired) electrons. The third-order valence-electron chi connectivity index (χ3n) is 5.86. The van der Waals surface area contributed by atoms with Gasteiger partial charge in [0, 0.05) is 24.0 Å². The number of aromatic nitrogens is 3. The van der Waals surface area contributed by atoms with Gasteiger partial charge in [-0.3, -0.25) is 9.59 Å². The second-order valence-electron chi connectivity index (χ2n) is 8.95. The summed E-state index contributed by atoms with van der Waals surface area (Å²) in [6.45, 7) is 1.46. The van der Waals surface area contributed by atoms with E-state index < -0.39 is 39.8 Å². The number of rotatable bonds is 7. The number of amides is 1. The number of nitrogens with zero attached hydrogens (tertiary/aromatic N) is 3. The summed E-state index contributed by atoms with van der Waals surface area (Å²) >= 11 is 0. The summed E-state index contributed by atoms with van der Waals surface area (Å²) in [6.07, 6.45) is -1.37. The topological polar surface area (TPSA) is 129 Å². The van der Waals surface area contributed by atoms with E-state index in [2.05, 4.69) is 15.4 Å². The van der Waals surface area contributed by atoms with Gasteiger partial charge in [0.25, 0.3) is 11.8 Å². The van der Waals surface area contributed by atoms with Crippen LogP contribution in [0.15, 0.2) is 36.7 Å². The first-order valence-corrected chi connectivity index (χ1v) is 13.0. The summed E-state index contributed by atoms with van der Waals surface area (Å²) in [6, 6.07) is 5.49. The zero-order valence-electron chi connectivity index (χ0n) is 19.8. The van der Waals surface area contributed by atoms with Crippen LogP contribution in [-0.4, -0.2) is 64.5 Å². The van der Waals surface area contributed by atoms with Gasteiger partial charge in [0.2, 0.25) is 0 Å². The molecule has 1 amide bonds. The molecule has 1 fully saturated rings. The number of halogens is 3. The predicted octanol–water partition coefficient (Wildman–Crippen LogP) is 3.36. The molecule has 10 nitrogen and oxygen atoms in total. The lowest BCUT2D eigenvalue weighted by atomic mass is 9.94. The summed E-state index contributed by atoms with van der Waals surface area (Å²) in [5.41, 5.74) is -0.706. The van der Waals surface area contributed by atoms with Crippen molar-refractivity contribution in [3.8, 4) is 17.4 Å². The number of nitrogens with one attached hydrogen (secondary N) is 1. The van der Waals surface area contributed by atoms with Gasteiger partial charge in [-0.25, -0.2) is 17.9 Å². The van der Waals surface area contributed by atoms with Crippen LogP contribution in [-0.2, 0) is 9.84 Å². The van der Waals surface area contributed by atoms with E-state index in [0.29, 0.717) is 0 Å². The Kier molecular flexibility index (Phi) is 6.88. The number of alkyl halides is 3. The van der Waals surface area contributed by atoms with Crippen molar-refractivity contribution in [3.05, 3.63) is 47.9 Å². The Morgan fingerprint density at radius 1 is 1.22 bits per heavy atom. The van der Waals surface area contributed by atoms with Gasteiger partial charge in [-0.2, -0.15) is 18.3 Å². The first-order chi connectivity index (χ1) is 17.3. The van der Waals surface area contributed by atoms with E-state index >= 15 is 0 Å². The molecule has 0 spiro atoms. The van der Waals surface area contributed by atoms with Crippen LogP contribution in [0.25, 0.3) is 5.52 Å². The third kappa shape index (κ3) is 6.18. The average molecular weight is 541 g/mol. The fourth-order valence-electron chi connectivity index (χ4n) is 3.88. The normalized spacial score (nSPS) is 16.8. The molecule has 1 aliphatic rings. The van der Waals surface area contributed by atoms with Gasteiger partial charge in [0.1, 0.15) is 15.6 Å². The molecular formula is C23H23F3N4O6S. The number of carbonyl (C=O) groups is 2. The molecule has 1 N–H and O–H groups in total. The highest BCUT2D eigenvalue weighted by atomic mass is 32.2. The Morgan fingerprint density at radius 2 is 1.92 bits per heavy atom. The Bertz CT molecular complexity index is 1450. The first-order valence-electron chi connectivity index (χ1n) is 11.1. The van der Waals surface area contributed by atoms with Crippen molar-refractivity contribution >= 4 is 27.0 Å². The molecule has 4 heterocycles. The Labute approximate surface area is 209 Å². The summed E-state index contributed by atoms with van der Waals surface area (Å²) in [5, 5.41) is 7.04. The summed E-state index contributed by atoms with van der Waals surface area (Å²) in [5.74, 6) is -1.55. The van der Waals surface area contributed by atoms with Crippen molar-refractivity contribution in [2.75, 3.05) is 18.1 Å². The van der Waals surface area contributed by atoms with Crippen molar-refractivity contribution in [2.24, 2.45) is 0 Å². The minimum Gasteiger partial charge on any atom is -0.478 e. The van der Waals surface area contributed by atoms with Crippen LogP contribution in [0.4, 0.5) is 13.2 Å². The molecule has 14 heteroatoms. The monoisotopic (exact) mass is 540 g/mol. The second-order valence-corrected chi connectivity index (χ2v) is 11.3. The van der Waals surface area contributed by atoms with E-state index in [0.717, 1.165) is 0 Å². The molecule has 198 valence electrons. The maximum Gasteiger partial charge on any atom is 0.422 e. The lowest BCUT2D eigenvalue weighted by Gasteiger charge is -2.34. The van der Waals surface area contributed by atoms with E-state index in [9.17, 15) is 31.2 Å². The van der Waals surface area contributed by atoms with Crippen LogP contribution >= 0.6 is 0 Å². The number of pyridine rings is 2. The van der Waals surface area contributed by atoms with E-state index in [1.54, 1.807) is 6.92 Å². The van der Waals surface area contributed by atoms with Crippen LogP contribution in [0.3, 0.4) is 0 Å². The minimum atomic E-state index is -4.56. The maximum absolute atomic E-state index is 13.1. The molecule has 37 heavy (non-hydrogen) atoms. The number of hydrogen-bond acceptors (Lipinski definition) is 8. The van der Waals surface area contributed by atoms with Gasteiger partial charge in [0.15, 0.2) is 23.8 Å². The van der Waals surface area contributed by atoms with Crippen molar-refractivity contribution in [2.45, 2.75) is 38.4 Å². The highest BCUT2D eigenvalue weighted by Gasteiger charge is 2.36. The number of ketones is 1. The lowest BCUT2D eigenvalue weighted by molar-refractivity contribution is -0.153. The Hall–Kier alpha value is -3.68. The number of fused-ring (bicyclic) bond motifs is 1. The molecule has 3 aromatic heterocycles. The van der Waals surface area contributed by atoms with Crippen molar-refractivity contribution < 1.29 is 40.7 Å². The highest BCUT2D eigenvalue weighted by Crippen LogP contribution is 2.32. The quantitative estimate of drug-likeness (QED) is 0.452. The SMILES string of the molecule is CC(=O)c1c(C(=O)NC2(C)CCS(=O)(=O)CC2)nn2ccc(Oc3ncccc3OCC(F)(F)F)cc12. The molecule has 0 saturated carbocycles. The molecule has 0 aromatic carbocycles. The van der Waals surface area contributed by atoms with Gasteiger partial charge in [-0.1, -0.05) is 0 Å². The molecule has 1 saturated heterocycles. The fraction of sp³-hybridized carbons (Fsp3) is 0.391. The molecule has 4 rings (SSSR count). The van der Waals surface area contributed by atoms with Crippen LogP contribution in [0.5, 0.6) is 17.4 Å². The largest absolute Gasteiger partial charge is 0.478 e. The van der Waals surface area contributed by atoms with Crippen LogP contribution < -0.4 is 14.8 Å². The average Bonchev–Trinajstić information content (AvgIpc) is 3.20. The standard InChI is InChI=1S/C23H23F3N4O6S/c1-14(31)18-16-12-15(36-21-17(4-3-8-27-21)35-13-23(24,25)26)5-9-30(16)29-19(18)20(32)28-22(2)6-10-37(33,34)11-7-22/h3-5,8-9,12H,6-7,10-11,13H2,1-2H3,(H,28,32). The molecule has 0 atom stereocenters. The number of sulfone groups is 1. The van der Waals surface area contributed by atoms with E-state index in [-0.39, 0.29) is 58.5 Å². The lowest BCUT2D eigenvalue weighted by Crippen LogP contribution is -2.51. The Balaban J connectivity index is 1.62. The van der Waals surface area contributed by atoms with Gasteiger partial charge in [0.05, 0.1) is 22.6 Å². The van der Waals surface area contributed by atoms with E-state index in [4.69, 9.17) is 9.47 Å². The van der Waals surface area contributed by atoms with Gasteiger partial charge >= 0.3 is 6.18 Å². The van der Waals surface area contributed by atoms with E-state index in [1.807, 2.05) is 0 Å². The Morgan fingerprint density at radius 3 is 2.57 bits per heavy atom. The van der Waals surface area contributed by atoms with Crippen LogP contribution in [0, 0.1) is 0 Å². The predicted molar refractivity (Wildman–Crippen MR) is 125 cm³/mol. The zero-order chi connectivity index (χ0) is 27.0. The smallest absolute Gasteiger partial charge is 0.422 e. The summed E-state index contributed by atoms with van der Waals surface area (Å²) in [7, 11) is -3.15.